The predicted octanol–water partition coefficient (Wildman–Crippen LogP) is 1.58. The summed E-state index contributed by atoms with van der Waals surface area (Å²) in [5.41, 5.74) is 1.25. The van der Waals surface area contributed by atoms with Crippen LogP contribution in [-0.2, 0) is 11.3 Å². The van der Waals surface area contributed by atoms with Gasteiger partial charge >= 0.3 is 0 Å². The molecule has 7 heteroatoms. The minimum absolute atomic E-state index is 0.0895. The number of benzene rings is 1. The summed E-state index contributed by atoms with van der Waals surface area (Å²) >= 11 is 0. The summed E-state index contributed by atoms with van der Waals surface area (Å²) in [6.07, 6.45) is 2.44. The van der Waals surface area contributed by atoms with Crippen LogP contribution in [0.3, 0.4) is 0 Å². The predicted molar refractivity (Wildman–Crippen MR) is 98.8 cm³/mol. The maximum absolute atomic E-state index is 5.80. The van der Waals surface area contributed by atoms with Crippen molar-refractivity contribution >= 4 is 0 Å². The van der Waals surface area contributed by atoms with E-state index in [9.17, 15) is 0 Å². The minimum atomic E-state index is 0.0895. The number of hydrogen-bond donors (Lipinski definition) is 0. The molecule has 1 aromatic carbocycles. The molecule has 26 heavy (non-hydrogen) atoms. The average Bonchev–Trinajstić information content (AvgIpc) is 3.37. The summed E-state index contributed by atoms with van der Waals surface area (Å²) in [6.45, 7) is 9.16. The Balaban J connectivity index is 1.60. The minimum Gasteiger partial charge on any atom is -0.376 e. The number of likely N-dealkylation sites (N-methyl/N-ethyl adjacent to an activating group) is 1. The molecule has 2 aliphatic rings. The smallest absolute Gasteiger partial charge is 0.173 e. The van der Waals surface area contributed by atoms with Gasteiger partial charge in [0.2, 0.25) is 0 Å². The Hall–Kier alpha value is -1.83. The first-order valence-corrected chi connectivity index (χ1v) is 9.74. The molecule has 0 bridgehead atoms. The van der Waals surface area contributed by atoms with Crippen LogP contribution in [0.25, 0.3) is 0 Å². The van der Waals surface area contributed by atoms with Gasteiger partial charge in [-0.1, -0.05) is 37.3 Å². The monoisotopic (exact) mass is 356 g/mol. The third-order valence-corrected chi connectivity index (χ3v) is 5.54. The SMILES string of the molecule is CCN1CCN(C(c2ccccc2)c2nnnn2CC2CCCO2)CC1. The number of ether oxygens (including phenoxy) is 1. The molecule has 2 atom stereocenters. The van der Waals surface area contributed by atoms with E-state index in [1.807, 2.05) is 4.68 Å². The highest BCUT2D eigenvalue weighted by Crippen LogP contribution is 2.28. The molecule has 4 rings (SSSR count). The third-order valence-electron chi connectivity index (χ3n) is 5.54. The van der Waals surface area contributed by atoms with Crippen LogP contribution in [0.5, 0.6) is 0 Å². The molecule has 0 N–H and O–H groups in total. The van der Waals surface area contributed by atoms with E-state index in [-0.39, 0.29) is 12.1 Å². The van der Waals surface area contributed by atoms with Gasteiger partial charge in [0.05, 0.1) is 18.7 Å². The van der Waals surface area contributed by atoms with Crippen LogP contribution in [0.1, 0.15) is 37.2 Å². The summed E-state index contributed by atoms with van der Waals surface area (Å²) in [4.78, 5) is 5.01. The molecule has 0 saturated carbocycles. The second-order valence-electron chi connectivity index (χ2n) is 7.14. The molecule has 2 aliphatic heterocycles. The van der Waals surface area contributed by atoms with Crippen LogP contribution in [0.4, 0.5) is 0 Å². The molecular weight excluding hydrogens is 328 g/mol. The fourth-order valence-electron chi connectivity index (χ4n) is 4.01. The van der Waals surface area contributed by atoms with E-state index in [0.717, 1.165) is 64.5 Å². The van der Waals surface area contributed by atoms with E-state index < -0.39 is 0 Å². The second-order valence-corrected chi connectivity index (χ2v) is 7.14. The Morgan fingerprint density at radius 1 is 1.15 bits per heavy atom. The molecule has 2 saturated heterocycles. The van der Waals surface area contributed by atoms with Crippen molar-refractivity contribution in [1.29, 1.82) is 0 Å². The quantitative estimate of drug-likeness (QED) is 0.783. The Bertz CT molecular complexity index is 676. The maximum atomic E-state index is 5.80. The van der Waals surface area contributed by atoms with Crippen molar-refractivity contribution in [3.8, 4) is 0 Å². The molecule has 2 fully saturated rings. The lowest BCUT2D eigenvalue weighted by atomic mass is 10.0. The van der Waals surface area contributed by atoms with Crippen LogP contribution in [0.2, 0.25) is 0 Å². The zero-order valence-corrected chi connectivity index (χ0v) is 15.5. The van der Waals surface area contributed by atoms with Gasteiger partial charge in [0.25, 0.3) is 0 Å². The van der Waals surface area contributed by atoms with Crippen molar-refractivity contribution in [2.45, 2.75) is 38.5 Å². The fourth-order valence-corrected chi connectivity index (χ4v) is 4.01. The molecule has 0 spiro atoms. The van der Waals surface area contributed by atoms with Crippen molar-refractivity contribution in [3.05, 3.63) is 41.7 Å². The van der Waals surface area contributed by atoms with Crippen molar-refractivity contribution < 1.29 is 4.74 Å². The molecule has 1 aromatic heterocycles. The van der Waals surface area contributed by atoms with Crippen molar-refractivity contribution in [1.82, 2.24) is 30.0 Å². The molecular formula is C19H28N6O. The summed E-state index contributed by atoms with van der Waals surface area (Å²) in [7, 11) is 0. The Labute approximate surface area is 154 Å². The number of hydrogen-bond acceptors (Lipinski definition) is 6. The van der Waals surface area contributed by atoms with Crippen molar-refractivity contribution in [2.75, 3.05) is 39.3 Å². The summed E-state index contributed by atoms with van der Waals surface area (Å²) < 4.78 is 7.76. The van der Waals surface area contributed by atoms with E-state index >= 15 is 0 Å². The number of rotatable bonds is 6. The average molecular weight is 356 g/mol. The van der Waals surface area contributed by atoms with Gasteiger partial charge in [-0.2, -0.15) is 0 Å². The van der Waals surface area contributed by atoms with Crippen LogP contribution in [-0.4, -0.2) is 75.4 Å². The molecule has 7 nitrogen and oxygen atoms in total. The van der Waals surface area contributed by atoms with E-state index in [0.29, 0.717) is 0 Å². The normalized spacial score (nSPS) is 23.3. The highest BCUT2D eigenvalue weighted by atomic mass is 16.5. The van der Waals surface area contributed by atoms with Crippen LogP contribution >= 0.6 is 0 Å². The lowest BCUT2D eigenvalue weighted by Crippen LogP contribution is -2.48. The number of piperazine rings is 1. The Morgan fingerprint density at radius 2 is 1.96 bits per heavy atom. The molecule has 2 unspecified atom stereocenters. The van der Waals surface area contributed by atoms with E-state index in [1.165, 1.54) is 5.56 Å². The van der Waals surface area contributed by atoms with Crippen molar-refractivity contribution in [2.24, 2.45) is 0 Å². The van der Waals surface area contributed by atoms with Gasteiger partial charge in [0.1, 0.15) is 0 Å². The summed E-state index contributed by atoms with van der Waals surface area (Å²) in [5.74, 6) is 0.927. The van der Waals surface area contributed by atoms with Gasteiger partial charge in [0, 0.05) is 32.8 Å². The van der Waals surface area contributed by atoms with Gasteiger partial charge in [-0.3, -0.25) is 4.90 Å². The Morgan fingerprint density at radius 3 is 2.65 bits per heavy atom. The molecule has 2 aromatic rings. The number of aromatic nitrogens is 4. The van der Waals surface area contributed by atoms with Crippen LogP contribution in [0.15, 0.2) is 30.3 Å². The highest BCUT2D eigenvalue weighted by Gasteiger charge is 2.31. The summed E-state index contributed by atoms with van der Waals surface area (Å²) in [5, 5.41) is 12.7. The maximum Gasteiger partial charge on any atom is 0.173 e. The first kappa shape index (κ1) is 17.6. The van der Waals surface area contributed by atoms with Crippen LogP contribution < -0.4 is 0 Å². The number of nitrogens with zero attached hydrogens (tertiary/aromatic N) is 6. The zero-order valence-electron chi connectivity index (χ0n) is 15.5. The number of tetrazole rings is 1. The van der Waals surface area contributed by atoms with E-state index in [1.54, 1.807) is 0 Å². The largest absolute Gasteiger partial charge is 0.376 e. The van der Waals surface area contributed by atoms with E-state index in [2.05, 4.69) is 62.6 Å². The van der Waals surface area contributed by atoms with Gasteiger partial charge in [0.15, 0.2) is 5.82 Å². The van der Waals surface area contributed by atoms with Gasteiger partial charge in [-0.05, 0) is 35.4 Å². The zero-order chi connectivity index (χ0) is 17.8. The van der Waals surface area contributed by atoms with Gasteiger partial charge in [-0.25, -0.2) is 4.68 Å². The lowest BCUT2D eigenvalue weighted by molar-refractivity contribution is 0.0861. The molecule has 0 radical (unpaired) electrons. The molecule has 140 valence electrons. The van der Waals surface area contributed by atoms with Gasteiger partial charge < -0.3 is 9.64 Å². The Kier molecular flexibility index (Phi) is 5.57. The third kappa shape index (κ3) is 3.79. The standard InChI is InChI=1S/C19H28N6O/c1-2-23-10-12-24(13-11-23)18(16-7-4-3-5-8-16)19-20-21-22-25(19)15-17-9-6-14-26-17/h3-5,7-8,17-18H,2,6,9-15H2,1H3. The molecule has 3 heterocycles. The first-order chi connectivity index (χ1) is 12.8. The molecule has 0 aliphatic carbocycles. The second kappa shape index (κ2) is 8.24. The van der Waals surface area contributed by atoms with E-state index in [4.69, 9.17) is 4.74 Å². The fraction of sp³-hybridized carbons (Fsp3) is 0.632. The first-order valence-electron chi connectivity index (χ1n) is 9.74. The lowest BCUT2D eigenvalue weighted by Gasteiger charge is -2.38. The van der Waals surface area contributed by atoms with Crippen LogP contribution in [0, 0.1) is 0 Å². The van der Waals surface area contributed by atoms with Crippen molar-refractivity contribution in [3.63, 3.8) is 0 Å². The summed E-state index contributed by atoms with van der Waals surface area (Å²) in [6, 6.07) is 10.7. The molecule has 0 amide bonds. The highest BCUT2D eigenvalue weighted by molar-refractivity contribution is 5.25. The van der Waals surface area contributed by atoms with Gasteiger partial charge in [-0.15, -0.1) is 5.10 Å². The topological polar surface area (TPSA) is 59.3 Å².